The Hall–Kier alpha value is -3.39. The number of hydrogen-bond donors (Lipinski definition) is 0. The summed E-state index contributed by atoms with van der Waals surface area (Å²) in [5.74, 6) is -0.278. The maximum absolute atomic E-state index is 13.4. The number of ether oxygens (including phenoxy) is 2. The molecule has 0 unspecified atom stereocenters. The van der Waals surface area contributed by atoms with Crippen LogP contribution in [0.25, 0.3) is 0 Å². The van der Waals surface area contributed by atoms with E-state index in [1.54, 1.807) is 17.0 Å². The van der Waals surface area contributed by atoms with Crippen molar-refractivity contribution in [3.05, 3.63) is 53.1 Å². The predicted molar refractivity (Wildman–Crippen MR) is 119 cm³/mol. The molecular weight excluding hydrogens is 410 g/mol. The summed E-state index contributed by atoms with van der Waals surface area (Å²) >= 11 is 0. The zero-order valence-electron chi connectivity index (χ0n) is 18.2. The van der Waals surface area contributed by atoms with Gasteiger partial charge in [0.1, 0.15) is 12.4 Å². The first kappa shape index (κ1) is 20.5. The molecule has 1 atom stereocenters. The molecule has 0 bridgehead atoms. The first-order valence-corrected chi connectivity index (χ1v) is 10.8. The number of amides is 3. The van der Waals surface area contributed by atoms with Gasteiger partial charge in [0.05, 0.1) is 36.0 Å². The molecule has 5 rings (SSSR count). The molecular formula is C24H25N3O5. The minimum atomic E-state index is -0.367. The van der Waals surface area contributed by atoms with Crippen molar-refractivity contribution < 1.29 is 23.9 Å². The summed E-state index contributed by atoms with van der Waals surface area (Å²) in [6.45, 7) is 1.69. The maximum atomic E-state index is 13.4. The first-order valence-electron chi connectivity index (χ1n) is 10.8. The zero-order chi connectivity index (χ0) is 22.4. The summed E-state index contributed by atoms with van der Waals surface area (Å²) in [6, 6.07) is 10.4. The minimum absolute atomic E-state index is 0.116. The lowest BCUT2D eigenvalue weighted by Crippen LogP contribution is -2.38. The van der Waals surface area contributed by atoms with E-state index in [9.17, 15) is 14.4 Å². The molecule has 3 aliphatic heterocycles. The van der Waals surface area contributed by atoms with Crippen LogP contribution in [-0.2, 0) is 4.74 Å². The summed E-state index contributed by atoms with van der Waals surface area (Å²) in [6.07, 6.45) is 1.65. The second-order valence-corrected chi connectivity index (χ2v) is 8.47. The smallest absolute Gasteiger partial charge is 0.261 e. The number of rotatable bonds is 4. The van der Waals surface area contributed by atoms with Crippen LogP contribution < -0.4 is 14.5 Å². The molecule has 3 heterocycles. The Balaban J connectivity index is 1.41. The van der Waals surface area contributed by atoms with Gasteiger partial charge in [0.25, 0.3) is 17.7 Å². The van der Waals surface area contributed by atoms with Gasteiger partial charge in [-0.2, -0.15) is 0 Å². The maximum Gasteiger partial charge on any atom is 0.261 e. The van der Waals surface area contributed by atoms with Crippen molar-refractivity contribution in [3.63, 3.8) is 0 Å². The summed E-state index contributed by atoms with van der Waals surface area (Å²) in [4.78, 5) is 43.9. The van der Waals surface area contributed by atoms with Crippen molar-refractivity contribution in [1.82, 2.24) is 4.90 Å². The van der Waals surface area contributed by atoms with E-state index in [0.29, 0.717) is 42.3 Å². The van der Waals surface area contributed by atoms with Crippen LogP contribution in [0.3, 0.4) is 0 Å². The lowest BCUT2D eigenvalue weighted by atomic mass is 10.0. The number of nitrogens with zero attached hydrogens (tertiary/aromatic N) is 3. The molecule has 1 fully saturated rings. The summed E-state index contributed by atoms with van der Waals surface area (Å²) < 4.78 is 11.4. The Morgan fingerprint density at radius 2 is 1.88 bits per heavy atom. The normalized spacial score (nSPS) is 19.6. The van der Waals surface area contributed by atoms with Crippen molar-refractivity contribution in [2.24, 2.45) is 0 Å². The number of anilines is 2. The molecule has 0 aromatic heterocycles. The molecule has 3 aliphatic rings. The summed E-state index contributed by atoms with van der Waals surface area (Å²) in [5.41, 5.74) is 2.65. The molecule has 166 valence electrons. The Kier molecular flexibility index (Phi) is 5.09. The minimum Gasteiger partial charge on any atom is -0.489 e. The monoisotopic (exact) mass is 435 g/mol. The molecule has 3 amide bonds. The molecule has 2 aromatic rings. The summed E-state index contributed by atoms with van der Waals surface area (Å²) in [5, 5.41) is 0. The lowest BCUT2D eigenvalue weighted by Gasteiger charge is -2.30. The average Bonchev–Trinajstić information content (AvgIpc) is 3.40. The number of carbonyl (C=O) groups is 3. The van der Waals surface area contributed by atoms with Gasteiger partial charge in [-0.3, -0.25) is 19.3 Å². The van der Waals surface area contributed by atoms with Gasteiger partial charge >= 0.3 is 0 Å². The second kappa shape index (κ2) is 7.94. The molecule has 0 spiro atoms. The van der Waals surface area contributed by atoms with Gasteiger partial charge in [-0.05, 0) is 43.2 Å². The van der Waals surface area contributed by atoms with Crippen molar-refractivity contribution >= 4 is 29.1 Å². The molecule has 8 nitrogen and oxygen atoms in total. The predicted octanol–water partition coefficient (Wildman–Crippen LogP) is 2.57. The van der Waals surface area contributed by atoms with Crippen molar-refractivity contribution in [2.45, 2.75) is 18.9 Å². The Morgan fingerprint density at radius 3 is 2.62 bits per heavy atom. The third-order valence-corrected chi connectivity index (χ3v) is 6.20. The van der Waals surface area contributed by atoms with E-state index >= 15 is 0 Å². The molecule has 0 aliphatic carbocycles. The van der Waals surface area contributed by atoms with Crippen LogP contribution in [0.15, 0.2) is 36.4 Å². The Morgan fingerprint density at radius 1 is 1.06 bits per heavy atom. The average molecular weight is 435 g/mol. The van der Waals surface area contributed by atoms with Crippen LogP contribution in [0.1, 0.15) is 43.9 Å². The highest BCUT2D eigenvalue weighted by atomic mass is 16.5. The van der Waals surface area contributed by atoms with Crippen molar-refractivity contribution in [3.8, 4) is 5.75 Å². The van der Waals surface area contributed by atoms with Gasteiger partial charge in [-0.25, -0.2) is 0 Å². The largest absolute Gasteiger partial charge is 0.489 e. The van der Waals surface area contributed by atoms with Crippen molar-refractivity contribution in [1.29, 1.82) is 0 Å². The number of hydrogen-bond acceptors (Lipinski definition) is 6. The van der Waals surface area contributed by atoms with Crippen LogP contribution in [0.4, 0.5) is 11.4 Å². The fourth-order valence-electron chi connectivity index (χ4n) is 4.44. The van der Waals surface area contributed by atoms with Crippen molar-refractivity contribution in [2.75, 3.05) is 50.2 Å². The standard InChI is InChI=1S/C24H25N3O5/c1-25(2)16-6-8-20-21(13-16)32-11-9-26(20)22(28)15-5-7-18-19(12-15)24(30)27(23(18)29)14-17-4-3-10-31-17/h5-8,12-13,17H,3-4,9-11,14H2,1-2H3/t17-/m0/s1. The fourth-order valence-corrected chi connectivity index (χ4v) is 4.44. The van der Waals surface area contributed by atoms with E-state index < -0.39 is 0 Å². The van der Waals surface area contributed by atoms with Gasteiger partial charge in [0, 0.05) is 38.0 Å². The van der Waals surface area contributed by atoms with E-state index in [0.717, 1.165) is 18.5 Å². The summed E-state index contributed by atoms with van der Waals surface area (Å²) in [7, 11) is 3.89. The lowest BCUT2D eigenvalue weighted by molar-refractivity contribution is 0.0475. The van der Waals surface area contributed by atoms with Gasteiger partial charge in [-0.15, -0.1) is 0 Å². The third kappa shape index (κ3) is 3.40. The number of imide groups is 1. The quantitative estimate of drug-likeness (QED) is 0.687. The first-order chi connectivity index (χ1) is 15.4. The van der Waals surface area contributed by atoms with Crippen LogP contribution in [0.5, 0.6) is 5.75 Å². The Bertz CT molecular complexity index is 1110. The molecule has 1 saturated heterocycles. The number of benzene rings is 2. The SMILES string of the molecule is CN(C)c1ccc2c(c1)OCCN2C(=O)c1ccc2c(c1)C(=O)N(C[C@@H]1CCCO1)C2=O. The van der Waals surface area contributed by atoms with Gasteiger partial charge in [0.15, 0.2) is 0 Å². The van der Waals surface area contributed by atoms with Gasteiger partial charge in [-0.1, -0.05) is 0 Å². The van der Waals surface area contributed by atoms with E-state index in [1.807, 2.05) is 37.2 Å². The van der Waals surface area contributed by atoms with E-state index in [1.165, 1.54) is 11.0 Å². The fraction of sp³-hybridized carbons (Fsp3) is 0.375. The highest BCUT2D eigenvalue weighted by Crippen LogP contribution is 2.36. The molecule has 0 N–H and O–H groups in total. The molecule has 2 aromatic carbocycles. The third-order valence-electron chi connectivity index (χ3n) is 6.20. The Labute approximate surface area is 186 Å². The molecule has 0 radical (unpaired) electrons. The number of fused-ring (bicyclic) bond motifs is 2. The van der Waals surface area contributed by atoms with Crippen LogP contribution in [-0.4, -0.2) is 69.1 Å². The molecule has 32 heavy (non-hydrogen) atoms. The molecule has 8 heteroatoms. The van der Waals surface area contributed by atoms with Crippen LogP contribution in [0, 0.1) is 0 Å². The highest BCUT2D eigenvalue weighted by Gasteiger charge is 2.38. The molecule has 0 saturated carbocycles. The second-order valence-electron chi connectivity index (χ2n) is 8.47. The van der Waals surface area contributed by atoms with Gasteiger partial charge in [0.2, 0.25) is 0 Å². The van der Waals surface area contributed by atoms with Crippen LogP contribution >= 0.6 is 0 Å². The highest BCUT2D eigenvalue weighted by molar-refractivity contribution is 6.22. The van der Waals surface area contributed by atoms with E-state index in [-0.39, 0.29) is 35.9 Å². The topological polar surface area (TPSA) is 79.4 Å². The van der Waals surface area contributed by atoms with Crippen LogP contribution in [0.2, 0.25) is 0 Å². The van der Waals surface area contributed by atoms with E-state index in [2.05, 4.69) is 0 Å². The van der Waals surface area contributed by atoms with E-state index in [4.69, 9.17) is 9.47 Å². The number of carbonyl (C=O) groups excluding carboxylic acids is 3. The zero-order valence-corrected chi connectivity index (χ0v) is 18.2. The van der Waals surface area contributed by atoms with Gasteiger partial charge < -0.3 is 19.3 Å².